The lowest BCUT2D eigenvalue weighted by atomic mass is 9.95. The summed E-state index contributed by atoms with van der Waals surface area (Å²) < 4.78 is 2.79. The number of imidazole rings is 1. The van der Waals surface area contributed by atoms with E-state index >= 15 is 0 Å². The number of benzene rings is 2. The molecule has 1 amide bonds. The van der Waals surface area contributed by atoms with E-state index in [-0.39, 0.29) is 11.3 Å². The highest BCUT2D eigenvalue weighted by atomic mass is 79.9. The number of amides is 1. The largest absolute Gasteiger partial charge is 0.507 e. The molecule has 6 nitrogen and oxygen atoms in total. The van der Waals surface area contributed by atoms with Gasteiger partial charge in [0.2, 0.25) is 0 Å². The molecule has 0 aliphatic carbocycles. The van der Waals surface area contributed by atoms with Crippen LogP contribution in [0, 0.1) is 0 Å². The van der Waals surface area contributed by atoms with Crippen molar-refractivity contribution in [2.75, 3.05) is 6.54 Å². The fourth-order valence-corrected chi connectivity index (χ4v) is 4.23. The van der Waals surface area contributed by atoms with Gasteiger partial charge in [-0.15, -0.1) is 0 Å². The molecule has 2 aromatic carbocycles. The van der Waals surface area contributed by atoms with E-state index in [2.05, 4.69) is 20.9 Å². The number of aryl methyl sites for hydroxylation is 1. The molecule has 1 N–H and O–H groups in total. The number of carbonyl (C=O) groups is 2. The molecule has 1 aliphatic rings. The van der Waals surface area contributed by atoms with Crippen molar-refractivity contribution in [3.63, 3.8) is 0 Å². The zero-order chi connectivity index (χ0) is 22.0. The maximum Gasteiger partial charge on any atom is 0.295 e. The quantitative estimate of drug-likeness (QED) is 0.299. The molecule has 1 saturated heterocycles. The van der Waals surface area contributed by atoms with E-state index in [1.165, 1.54) is 4.90 Å². The van der Waals surface area contributed by atoms with Crippen LogP contribution in [0.5, 0.6) is 0 Å². The maximum absolute atomic E-state index is 13.0. The third-order valence-electron chi connectivity index (χ3n) is 5.23. The van der Waals surface area contributed by atoms with Crippen LogP contribution in [-0.4, -0.2) is 37.8 Å². The highest BCUT2D eigenvalue weighted by Crippen LogP contribution is 2.40. The van der Waals surface area contributed by atoms with Crippen LogP contribution in [0.3, 0.4) is 0 Å². The van der Waals surface area contributed by atoms with Crippen LogP contribution in [-0.2, 0) is 16.1 Å². The van der Waals surface area contributed by atoms with E-state index in [9.17, 15) is 14.7 Å². The van der Waals surface area contributed by atoms with Gasteiger partial charge in [-0.05, 0) is 36.2 Å². The van der Waals surface area contributed by atoms with Gasteiger partial charge in [-0.3, -0.25) is 9.59 Å². The van der Waals surface area contributed by atoms with Crippen molar-refractivity contribution in [3.8, 4) is 0 Å². The number of aromatic nitrogens is 2. The molecule has 8 heteroatoms. The molecular weight excluding hydrogens is 482 g/mol. The van der Waals surface area contributed by atoms with Crippen LogP contribution in [0.2, 0.25) is 5.02 Å². The van der Waals surface area contributed by atoms with Crippen molar-refractivity contribution >= 4 is 45.0 Å². The Hall–Kier alpha value is -2.90. The molecule has 0 radical (unpaired) electrons. The summed E-state index contributed by atoms with van der Waals surface area (Å²) in [5.41, 5.74) is 1.10. The molecule has 158 valence electrons. The second-order valence-electron chi connectivity index (χ2n) is 7.18. The highest BCUT2D eigenvalue weighted by Gasteiger charge is 2.45. The maximum atomic E-state index is 13.0. The summed E-state index contributed by atoms with van der Waals surface area (Å²) in [5.74, 6) is -1.62. The van der Waals surface area contributed by atoms with Crippen LogP contribution in [0.1, 0.15) is 23.6 Å². The number of carbonyl (C=O) groups excluding carboxylic acids is 2. The molecule has 3 aromatic rings. The molecule has 0 bridgehead atoms. The standard InChI is InChI=1S/C23H19BrClN3O3/c24-16-8-6-15(7-9-16)20-19(21(29)17-4-1-2-5-18(17)25)22(30)23(31)28(20)12-3-11-27-13-10-26-14-27/h1-2,4-10,13-14,20,29H,3,11-12H2/b21-19-. The SMILES string of the molecule is O=C1C(=O)N(CCCn2ccnc2)C(c2ccc(Br)cc2)/C1=C(/O)c1ccccc1Cl. The number of likely N-dealkylation sites (tertiary alicyclic amines) is 1. The molecule has 1 aromatic heterocycles. The Labute approximate surface area is 192 Å². The molecule has 0 spiro atoms. The highest BCUT2D eigenvalue weighted by molar-refractivity contribution is 9.10. The van der Waals surface area contributed by atoms with Crippen LogP contribution in [0.4, 0.5) is 0 Å². The topological polar surface area (TPSA) is 75.4 Å². The van der Waals surface area contributed by atoms with Crippen LogP contribution in [0.25, 0.3) is 5.76 Å². The molecule has 4 rings (SSSR count). The molecule has 1 fully saturated rings. The monoisotopic (exact) mass is 499 g/mol. The summed E-state index contributed by atoms with van der Waals surface area (Å²) in [4.78, 5) is 31.5. The summed E-state index contributed by atoms with van der Waals surface area (Å²) in [6.07, 6.45) is 5.87. The van der Waals surface area contributed by atoms with Gasteiger partial charge in [-0.2, -0.15) is 0 Å². The number of ketones is 1. The van der Waals surface area contributed by atoms with E-state index in [0.717, 1.165) is 10.0 Å². The first-order valence-electron chi connectivity index (χ1n) is 9.72. The van der Waals surface area contributed by atoms with Gasteiger partial charge < -0.3 is 14.6 Å². The van der Waals surface area contributed by atoms with Gasteiger partial charge in [0.1, 0.15) is 5.76 Å². The normalized spacial score (nSPS) is 18.0. The molecular formula is C23H19BrClN3O3. The Bertz CT molecular complexity index is 1140. The molecule has 1 atom stereocenters. The van der Waals surface area contributed by atoms with E-state index in [4.69, 9.17) is 11.6 Å². The molecule has 0 saturated carbocycles. The van der Waals surface area contributed by atoms with Crippen molar-refractivity contribution in [3.05, 3.63) is 93.4 Å². The minimum absolute atomic E-state index is 0.0445. The van der Waals surface area contributed by atoms with Crippen molar-refractivity contribution in [1.29, 1.82) is 0 Å². The lowest BCUT2D eigenvalue weighted by molar-refractivity contribution is -0.139. The minimum atomic E-state index is -0.715. The summed E-state index contributed by atoms with van der Waals surface area (Å²) in [6.45, 7) is 1.00. The second kappa shape index (κ2) is 9.08. The van der Waals surface area contributed by atoms with E-state index < -0.39 is 17.7 Å². The summed E-state index contributed by atoms with van der Waals surface area (Å²) in [6, 6.07) is 13.4. The zero-order valence-electron chi connectivity index (χ0n) is 16.4. The van der Waals surface area contributed by atoms with Crippen molar-refractivity contribution in [1.82, 2.24) is 14.5 Å². The lowest BCUT2D eigenvalue weighted by Crippen LogP contribution is -2.31. The van der Waals surface area contributed by atoms with Crippen LogP contribution in [0.15, 0.2) is 77.3 Å². The zero-order valence-corrected chi connectivity index (χ0v) is 18.8. The van der Waals surface area contributed by atoms with Gasteiger partial charge in [0.05, 0.1) is 23.0 Å². The first kappa shape index (κ1) is 21.3. The minimum Gasteiger partial charge on any atom is -0.507 e. The Kier molecular flexibility index (Phi) is 6.25. The number of aliphatic hydroxyl groups is 1. The van der Waals surface area contributed by atoms with E-state index in [1.807, 2.05) is 35.0 Å². The number of hydrogen-bond acceptors (Lipinski definition) is 4. The van der Waals surface area contributed by atoms with Crippen molar-refractivity contribution in [2.24, 2.45) is 0 Å². The Morgan fingerprint density at radius 1 is 1.10 bits per heavy atom. The summed E-state index contributed by atoms with van der Waals surface area (Å²) in [7, 11) is 0. The average Bonchev–Trinajstić information content (AvgIpc) is 3.36. The molecule has 1 unspecified atom stereocenters. The van der Waals surface area contributed by atoms with Crippen LogP contribution < -0.4 is 0 Å². The first-order valence-corrected chi connectivity index (χ1v) is 10.9. The van der Waals surface area contributed by atoms with Gasteiger partial charge in [0.15, 0.2) is 0 Å². The smallest absolute Gasteiger partial charge is 0.295 e. The lowest BCUT2D eigenvalue weighted by Gasteiger charge is -2.25. The molecule has 31 heavy (non-hydrogen) atoms. The number of halogens is 2. The first-order chi connectivity index (χ1) is 15.0. The Balaban J connectivity index is 1.74. The molecule has 2 heterocycles. The van der Waals surface area contributed by atoms with E-state index in [1.54, 1.807) is 36.8 Å². The number of Topliss-reactive ketones (excluding diaryl/α,β-unsaturated/α-hetero) is 1. The van der Waals surface area contributed by atoms with E-state index in [0.29, 0.717) is 30.1 Å². The number of nitrogens with zero attached hydrogens (tertiary/aromatic N) is 3. The number of aliphatic hydroxyl groups excluding tert-OH is 1. The van der Waals surface area contributed by atoms with Crippen LogP contribution >= 0.6 is 27.5 Å². The predicted octanol–water partition coefficient (Wildman–Crippen LogP) is 4.81. The van der Waals surface area contributed by atoms with Gasteiger partial charge in [0, 0.05) is 35.5 Å². The molecule has 1 aliphatic heterocycles. The van der Waals surface area contributed by atoms with Gasteiger partial charge in [0.25, 0.3) is 11.7 Å². The Morgan fingerprint density at radius 3 is 2.52 bits per heavy atom. The predicted molar refractivity (Wildman–Crippen MR) is 121 cm³/mol. The van der Waals surface area contributed by atoms with Gasteiger partial charge in [-0.25, -0.2) is 4.98 Å². The van der Waals surface area contributed by atoms with Gasteiger partial charge >= 0.3 is 0 Å². The van der Waals surface area contributed by atoms with Gasteiger partial charge in [-0.1, -0.05) is 51.8 Å². The van der Waals surface area contributed by atoms with Crippen molar-refractivity contribution < 1.29 is 14.7 Å². The summed E-state index contributed by atoms with van der Waals surface area (Å²) >= 11 is 9.67. The average molecular weight is 501 g/mol. The third kappa shape index (κ3) is 4.29. The summed E-state index contributed by atoms with van der Waals surface area (Å²) in [5, 5.41) is 11.3. The number of hydrogen-bond donors (Lipinski definition) is 1. The second-order valence-corrected chi connectivity index (χ2v) is 8.50. The van der Waals surface area contributed by atoms with Crippen molar-refractivity contribution in [2.45, 2.75) is 19.0 Å². The fraction of sp³-hybridized carbons (Fsp3) is 0.174. The number of rotatable bonds is 6. The third-order valence-corrected chi connectivity index (χ3v) is 6.09. The Morgan fingerprint density at radius 2 is 1.84 bits per heavy atom. The fourth-order valence-electron chi connectivity index (χ4n) is 3.74.